The monoisotopic (exact) mass is 245 g/mol. The lowest BCUT2D eigenvalue weighted by Gasteiger charge is -2.21. The molecule has 3 rings (SSSR count). The van der Waals surface area contributed by atoms with Crippen LogP contribution >= 0.6 is 0 Å². The second kappa shape index (κ2) is 4.93. The molecule has 0 saturated heterocycles. The lowest BCUT2D eigenvalue weighted by molar-refractivity contribution is 0.358. The molecule has 2 fully saturated rings. The summed E-state index contributed by atoms with van der Waals surface area (Å²) in [5.74, 6) is 3.27. The molecule has 1 aromatic rings. The van der Waals surface area contributed by atoms with Gasteiger partial charge in [0.1, 0.15) is 5.75 Å². The number of aromatic hydroxyl groups is 1. The van der Waals surface area contributed by atoms with E-state index in [4.69, 9.17) is 0 Å². The molecule has 0 amide bonds. The molecule has 18 heavy (non-hydrogen) atoms. The second-order valence-corrected chi connectivity index (χ2v) is 6.03. The minimum absolute atomic E-state index is 0.242. The van der Waals surface area contributed by atoms with Gasteiger partial charge in [0, 0.05) is 11.6 Å². The third kappa shape index (κ3) is 2.69. The largest absolute Gasteiger partial charge is 0.508 e. The number of benzene rings is 1. The Morgan fingerprint density at radius 2 is 1.78 bits per heavy atom. The molecule has 1 unspecified atom stereocenters. The Morgan fingerprint density at radius 1 is 1.17 bits per heavy atom. The summed E-state index contributed by atoms with van der Waals surface area (Å²) in [5, 5.41) is 13.5. The third-order valence-corrected chi connectivity index (χ3v) is 4.52. The molecule has 0 radical (unpaired) electrons. The van der Waals surface area contributed by atoms with Crippen LogP contribution in [0.15, 0.2) is 24.3 Å². The van der Waals surface area contributed by atoms with E-state index in [-0.39, 0.29) is 6.04 Å². The van der Waals surface area contributed by atoms with Gasteiger partial charge in [-0.2, -0.15) is 0 Å². The second-order valence-electron chi connectivity index (χ2n) is 6.03. The fourth-order valence-electron chi connectivity index (χ4n) is 3.04. The van der Waals surface area contributed by atoms with Crippen molar-refractivity contribution in [1.29, 1.82) is 0 Å². The molecule has 2 saturated carbocycles. The first-order valence-electron chi connectivity index (χ1n) is 7.27. The van der Waals surface area contributed by atoms with Crippen molar-refractivity contribution in [3.05, 3.63) is 29.8 Å². The molecule has 2 aliphatic rings. The maximum Gasteiger partial charge on any atom is 0.120 e. The molecular formula is C16H23NO. The molecule has 0 spiro atoms. The van der Waals surface area contributed by atoms with E-state index in [1.165, 1.54) is 25.7 Å². The summed E-state index contributed by atoms with van der Waals surface area (Å²) >= 11 is 0. The first-order valence-corrected chi connectivity index (χ1v) is 7.27. The zero-order valence-corrected chi connectivity index (χ0v) is 11.1. The van der Waals surface area contributed by atoms with Gasteiger partial charge in [0.05, 0.1) is 0 Å². The van der Waals surface area contributed by atoms with Crippen molar-refractivity contribution < 1.29 is 5.11 Å². The van der Waals surface area contributed by atoms with E-state index in [1.807, 2.05) is 18.2 Å². The molecule has 98 valence electrons. The van der Waals surface area contributed by atoms with E-state index >= 15 is 0 Å². The molecule has 1 atom stereocenters. The summed E-state index contributed by atoms with van der Waals surface area (Å²) in [4.78, 5) is 0. The van der Waals surface area contributed by atoms with Gasteiger partial charge in [-0.05, 0) is 63.0 Å². The maximum atomic E-state index is 9.85. The summed E-state index contributed by atoms with van der Waals surface area (Å²) < 4.78 is 0. The van der Waals surface area contributed by atoms with Gasteiger partial charge < -0.3 is 10.4 Å². The standard InChI is InChI=1S/C16H23NO/c1-11(14-4-2-3-5-16(14)18)17-10-15(12-6-7-12)13-8-9-13/h2-5,11-13,15,17-18H,6-10H2,1H3. The molecule has 0 aliphatic heterocycles. The van der Waals surface area contributed by atoms with Crippen LogP contribution in [0.2, 0.25) is 0 Å². The number of nitrogens with one attached hydrogen (secondary N) is 1. The van der Waals surface area contributed by atoms with Gasteiger partial charge in [-0.15, -0.1) is 0 Å². The molecule has 2 nitrogen and oxygen atoms in total. The summed E-state index contributed by atoms with van der Waals surface area (Å²) in [6, 6.07) is 7.89. The average Bonchev–Trinajstić information content (AvgIpc) is 3.24. The molecule has 2 aliphatic carbocycles. The highest BCUT2D eigenvalue weighted by atomic mass is 16.3. The lowest BCUT2D eigenvalue weighted by atomic mass is 9.97. The molecule has 2 N–H and O–H groups in total. The fraction of sp³-hybridized carbons (Fsp3) is 0.625. The van der Waals surface area contributed by atoms with Crippen LogP contribution in [-0.4, -0.2) is 11.7 Å². The van der Waals surface area contributed by atoms with Crippen molar-refractivity contribution in [2.24, 2.45) is 17.8 Å². The van der Waals surface area contributed by atoms with Gasteiger partial charge in [-0.1, -0.05) is 18.2 Å². The Kier molecular flexibility index (Phi) is 3.29. The molecule has 0 heterocycles. The lowest BCUT2D eigenvalue weighted by Crippen LogP contribution is -2.28. The smallest absolute Gasteiger partial charge is 0.120 e. The van der Waals surface area contributed by atoms with Crippen LogP contribution in [0, 0.1) is 17.8 Å². The minimum Gasteiger partial charge on any atom is -0.508 e. The fourth-order valence-corrected chi connectivity index (χ4v) is 3.04. The van der Waals surface area contributed by atoms with Crippen LogP contribution in [0.5, 0.6) is 5.75 Å². The van der Waals surface area contributed by atoms with E-state index in [9.17, 15) is 5.11 Å². The topological polar surface area (TPSA) is 32.3 Å². The van der Waals surface area contributed by atoms with Gasteiger partial charge in [0.2, 0.25) is 0 Å². The normalized spacial score (nSPS) is 21.2. The predicted molar refractivity (Wildman–Crippen MR) is 73.5 cm³/mol. The van der Waals surface area contributed by atoms with Crippen LogP contribution in [0.4, 0.5) is 0 Å². The Balaban J connectivity index is 1.57. The molecule has 2 heteroatoms. The van der Waals surface area contributed by atoms with E-state index in [0.717, 1.165) is 29.9 Å². The Bertz CT molecular complexity index is 397. The highest BCUT2D eigenvalue weighted by Gasteiger charge is 2.41. The molecule has 0 aromatic heterocycles. The van der Waals surface area contributed by atoms with Gasteiger partial charge >= 0.3 is 0 Å². The molecular weight excluding hydrogens is 222 g/mol. The Hall–Kier alpha value is -1.02. The quantitative estimate of drug-likeness (QED) is 0.804. The molecule has 1 aromatic carbocycles. The van der Waals surface area contributed by atoms with Crippen LogP contribution in [0.25, 0.3) is 0 Å². The van der Waals surface area contributed by atoms with Crippen LogP contribution in [0.3, 0.4) is 0 Å². The van der Waals surface area contributed by atoms with Crippen LogP contribution in [-0.2, 0) is 0 Å². The maximum absolute atomic E-state index is 9.85. The van der Waals surface area contributed by atoms with Crippen molar-refractivity contribution in [2.75, 3.05) is 6.54 Å². The van der Waals surface area contributed by atoms with Gasteiger partial charge in [0.15, 0.2) is 0 Å². The summed E-state index contributed by atoms with van der Waals surface area (Å²) in [6.07, 6.45) is 5.75. The first kappa shape index (κ1) is 12.0. The van der Waals surface area contributed by atoms with Gasteiger partial charge in [-0.25, -0.2) is 0 Å². The SMILES string of the molecule is CC(NCC(C1CC1)C1CC1)c1ccccc1O. The van der Waals surface area contributed by atoms with Crippen LogP contribution < -0.4 is 5.32 Å². The van der Waals surface area contributed by atoms with E-state index in [1.54, 1.807) is 6.07 Å². The van der Waals surface area contributed by atoms with Crippen molar-refractivity contribution in [2.45, 2.75) is 38.6 Å². The van der Waals surface area contributed by atoms with Crippen LogP contribution in [0.1, 0.15) is 44.2 Å². The Morgan fingerprint density at radius 3 is 2.33 bits per heavy atom. The zero-order chi connectivity index (χ0) is 12.5. The minimum atomic E-state index is 0.242. The summed E-state index contributed by atoms with van der Waals surface area (Å²) in [7, 11) is 0. The highest BCUT2D eigenvalue weighted by molar-refractivity contribution is 5.34. The predicted octanol–water partition coefficient (Wildman–Crippen LogP) is 3.48. The summed E-state index contributed by atoms with van der Waals surface area (Å²) in [6.45, 7) is 3.26. The number of rotatable bonds is 6. The number of phenols is 1. The van der Waals surface area contributed by atoms with E-state index in [0.29, 0.717) is 5.75 Å². The summed E-state index contributed by atoms with van der Waals surface area (Å²) in [5.41, 5.74) is 1.02. The van der Waals surface area contributed by atoms with Crippen molar-refractivity contribution in [3.8, 4) is 5.75 Å². The van der Waals surface area contributed by atoms with Crippen molar-refractivity contribution in [1.82, 2.24) is 5.32 Å². The van der Waals surface area contributed by atoms with Crippen molar-refractivity contribution in [3.63, 3.8) is 0 Å². The third-order valence-electron chi connectivity index (χ3n) is 4.52. The zero-order valence-electron chi connectivity index (χ0n) is 11.1. The molecule has 0 bridgehead atoms. The van der Waals surface area contributed by atoms with Crippen molar-refractivity contribution >= 4 is 0 Å². The number of phenolic OH excluding ortho intramolecular Hbond substituents is 1. The van der Waals surface area contributed by atoms with Gasteiger partial charge in [0.25, 0.3) is 0 Å². The average molecular weight is 245 g/mol. The van der Waals surface area contributed by atoms with E-state index in [2.05, 4.69) is 12.2 Å². The first-order chi connectivity index (χ1) is 8.75. The number of para-hydroxylation sites is 1. The number of hydrogen-bond donors (Lipinski definition) is 2. The Labute approximate surface area is 109 Å². The van der Waals surface area contributed by atoms with Gasteiger partial charge in [-0.3, -0.25) is 0 Å². The highest BCUT2D eigenvalue weighted by Crippen LogP contribution is 2.49. The number of hydrogen-bond acceptors (Lipinski definition) is 2. The van der Waals surface area contributed by atoms with E-state index < -0.39 is 0 Å².